The molecule has 1 N–H and O–H groups in total. The first-order chi connectivity index (χ1) is 10.5. The molecule has 1 aromatic carbocycles. The van der Waals surface area contributed by atoms with Gasteiger partial charge in [-0.1, -0.05) is 76.6 Å². The average Bonchev–Trinajstić information content (AvgIpc) is 2.91. The highest BCUT2D eigenvalue weighted by molar-refractivity contribution is 8.03. The molecular weight excluding hydrogens is 405 g/mol. The minimum atomic E-state index is -0.204. The van der Waals surface area contributed by atoms with Crippen LogP contribution in [-0.2, 0) is 4.79 Å². The zero-order valence-corrected chi connectivity index (χ0v) is 15.9. The van der Waals surface area contributed by atoms with Gasteiger partial charge in [0.25, 0.3) is 0 Å². The summed E-state index contributed by atoms with van der Waals surface area (Å²) in [6.07, 6.45) is 0. The number of nitrogens with one attached hydrogen (secondary N) is 1. The fraction of sp³-hybridized carbons (Fsp3) is 0.250. The first-order valence-electron chi connectivity index (χ1n) is 6.03. The van der Waals surface area contributed by atoms with Crippen molar-refractivity contribution in [3.05, 3.63) is 27.2 Å². The molecule has 0 aliphatic rings. The molecule has 0 unspecified atom stereocenters. The Balaban J connectivity index is 1.91. The van der Waals surface area contributed by atoms with Gasteiger partial charge in [0, 0.05) is 0 Å². The molecule has 2 aromatic rings. The van der Waals surface area contributed by atoms with Crippen LogP contribution in [0.1, 0.15) is 6.92 Å². The summed E-state index contributed by atoms with van der Waals surface area (Å²) >= 11 is 22.2. The van der Waals surface area contributed by atoms with Gasteiger partial charge in [-0.25, -0.2) is 0 Å². The second-order valence-corrected chi connectivity index (χ2v) is 8.78. The highest BCUT2D eigenvalue weighted by Gasteiger charge is 2.11. The predicted molar refractivity (Wildman–Crippen MR) is 97.1 cm³/mol. The van der Waals surface area contributed by atoms with E-state index in [4.69, 9.17) is 34.8 Å². The van der Waals surface area contributed by atoms with Crippen molar-refractivity contribution in [2.45, 2.75) is 15.6 Å². The van der Waals surface area contributed by atoms with E-state index in [-0.39, 0.29) is 11.7 Å². The van der Waals surface area contributed by atoms with Crippen LogP contribution in [0.5, 0.6) is 0 Å². The van der Waals surface area contributed by atoms with Crippen molar-refractivity contribution in [1.29, 1.82) is 0 Å². The van der Waals surface area contributed by atoms with Crippen molar-refractivity contribution in [1.82, 2.24) is 10.2 Å². The number of amides is 1. The summed E-state index contributed by atoms with van der Waals surface area (Å²) in [6, 6.07) is 3.02. The largest absolute Gasteiger partial charge is 0.324 e. The molecule has 1 aromatic heterocycles. The third-order valence-corrected chi connectivity index (χ3v) is 6.37. The molecule has 0 saturated carbocycles. The van der Waals surface area contributed by atoms with Crippen LogP contribution in [0.25, 0.3) is 0 Å². The van der Waals surface area contributed by atoms with Gasteiger partial charge < -0.3 is 5.32 Å². The maximum Gasteiger partial charge on any atom is 0.234 e. The Morgan fingerprint density at radius 2 is 1.77 bits per heavy atom. The van der Waals surface area contributed by atoms with E-state index >= 15 is 0 Å². The summed E-state index contributed by atoms with van der Waals surface area (Å²) in [4.78, 5) is 12.0. The molecule has 0 atom stereocenters. The molecule has 10 heteroatoms. The van der Waals surface area contributed by atoms with Crippen LogP contribution in [0.2, 0.25) is 15.1 Å². The van der Waals surface area contributed by atoms with Gasteiger partial charge in [-0.15, -0.1) is 10.2 Å². The van der Waals surface area contributed by atoms with Crippen LogP contribution in [0, 0.1) is 0 Å². The molecule has 4 nitrogen and oxygen atoms in total. The Morgan fingerprint density at radius 3 is 2.45 bits per heavy atom. The zero-order chi connectivity index (χ0) is 16.1. The summed E-state index contributed by atoms with van der Waals surface area (Å²) in [5.41, 5.74) is 0.432. The van der Waals surface area contributed by atoms with Gasteiger partial charge in [-0.2, -0.15) is 0 Å². The highest BCUT2D eigenvalue weighted by atomic mass is 35.5. The van der Waals surface area contributed by atoms with E-state index in [0.29, 0.717) is 20.8 Å². The quantitative estimate of drug-likeness (QED) is 0.510. The lowest BCUT2D eigenvalue weighted by Gasteiger charge is -2.08. The lowest BCUT2D eigenvalue weighted by molar-refractivity contribution is -0.113. The predicted octanol–water partition coefficient (Wildman–Crippen LogP) is 5.34. The second kappa shape index (κ2) is 8.61. The molecule has 0 aliphatic heterocycles. The number of nitrogens with zero attached hydrogens (tertiary/aromatic N) is 2. The third kappa shape index (κ3) is 5.18. The van der Waals surface area contributed by atoms with Crippen LogP contribution in [-0.4, -0.2) is 27.6 Å². The smallest absolute Gasteiger partial charge is 0.234 e. The van der Waals surface area contributed by atoms with Gasteiger partial charge in [0.05, 0.1) is 26.5 Å². The first-order valence-corrected chi connectivity index (χ1v) is 9.95. The summed E-state index contributed by atoms with van der Waals surface area (Å²) in [6.45, 7) is 2.05. The van der Waals surface area contributed by atoms with Gasteiger partial charge >= 0.3 is 0 Å². The van der Waals surface area contributed by atoms with E-state index < -0.39 is 0 Å². The molecule has 1 amide bonds. The second-order valence-electron chi connectivity index (χ2n) is 3.85. The number of hydrogen-bond acceptors (Lipinski definition) is 6. The van der Waals surface area contributed by atoms with Crippen LogP contribution >= 0.6 is 69.7 Å². The van der Waals surface area contributed by atoms with Crippen molar-refractivity contribution in [2.75, 3.05) is 16.8 Å². The van der Waals surface area contributed by atoms with E-state index in [1.54, 1.807) is 11.8 Å². The number of rotatable bonds is 6. The van der Waals surface area contributed by atoms with Crippen LogP contribution in [0.3, 0.4) is 0 Å². The molecule has 22 heavy (non-hydrogen) atoms. The van der Waals surface area contributed by atoms with Gasteiger partial charge in [-0.3, -0.25) is 4.79 Å². The average molecular weight is 415 g/mol. The molecule has 2 rings (SSSR count). The third-order valence-electron chi connectivity index (χ3n) is 2.27. The van der Waals surface area contributed by atoms with Crippen molar-refractivity contribution >= 4 is 81.3 Å². The number of hydrogen-bond donors (Lipinski definition) is 1. The van der Waals surface area contributed by atoms with E-state index in [1.165, 1.54) is 35.2 Å². The number of carbonyl (C=O) groups excluding carboxylic acids is 1. The maximum absolute atomic E-state index is 12.0. The summed E-state index contributed by atoms with van der Waals surface area (Å²) in [5, 5.41) is 11.8. The topological polar surface area (TPSA) is 54.9 Å². The van der Waals surface area contributed by atoms with E-state index in [9.17, 15) is 4.79 Å². The minimum absolute atomic E-state index is 0.204. The molecule has 118 valence electrons. The summed E-state index contributed by atoms with van der Waals surface area (Å²) in [7, 11) is 0. The number of halogens is 3. The summed E-state index contributed by atoms with van der Waals surface area (Å²) in [5.74, 6) is 0.947. The molecule has 0 spiro atoms. The van der Waals surface area contributed by atoms with Crippen molar-refractivity contribution in [3.8, 4) is 0 Å². The Labute approximate surface area is 155 Å². The van der Waals surface area contributed by atoms with Crippen LogP contribution in [0.4, 0.5) is 5.69 Å². The lowest BCUT2D eigenvalue weighted by atomic mass is 10.3. The fourth-order valence-electron chi connectivity index (χ4n) is 1.37. The van der Waals surface area contributed by atoms with E-state index in [1.807, 2.05) is 6.92 Å². The standard InChI is InChI=1S/C12H10Cl3N3OS3/c1-2-20-11-17-18-12(22-11)21-5-10(19)16-9-4-7(14)6(13)3-8(9)15/h3-4H,2,5H2,1H3,(H,16,19). The molecule has 0 radical (unpaired) electrons. The van der Waals surface area contributed by atoms with Crippen molar-refractivity contribution in [3.63, 3.8) is 0 Å². The molecule has 0 fully saturated rings. The Morgan fingerprint density at radius 1 is 1.14 bits per heavy atom. The lowest BCUT2D eigenvalue weighted by Crippen LogP contribution is -2.14. The number of aromatic nitrogens is 2. The normalized spacial score (nSPS) is 10.7. The molecule has 1 heterocycles. The Hall–Kier alpha value is -0.180. The van der Waals surface area contributed by atoms with Crippen molar-refractivity contribution < 1.29 is 4.79 Å². The first kappa shape index (κ1) is 18.2. The summed E-state index contributed by atoms with van der Waals surface area (Å²) < 4.78 is 1.66. The van der Waals surface area contributed by atoms with E-state index in [2.05, 4.69) is 15.5 Å². The molecular formula is C12H10Cl3N3OS3. The van der Waals surface area contributed by atoms with Gasteiger partial charge in [-0.05, 0) is 17.9 Å². The number of carbonyl (C=O) groups is 1. The van der Waals surface area contributed by atoms with Gasteiger partial charge in [0.2, 0.25) is 5.91 Å². The van der Waals surface area contributed by atoms with Crippen molar-refractivity contribution in [2.24, 2.45) is 0 Å². The maximum atomic E-state index is 12.0. The van der Waals surface area contributed by atoms with Gasteiger partial charge in [0.1, 0.15) is 0 Å². The fourth-order valence-corrected chi connectivity index (χ4v) is 4.68. The number of thioether (sulfide) groups is 2. The minimum Gasteiger partial charge on any atom is -0.324 e. The molecule has 0 saturated heterocycles. The number of benzene rings is 1. The van der Waals surface area contributed by atoms with Crippen LogP contribution < -0.4 is 5.32 Å². The molecule has 0 bridgehead atoms. The SMILES string of the molecule is CCSc1nnc(SCC(=O)Nc2cc(Cl)c(Cl)cc2Cl)s1. The monoisotopic (exact) mass is 413 g/mol. The Bertz CT molecular complexity index is 681. The highest BCUT2D eigenvalue weighted by Crippen LogP contribution is 2.33. The van der Waals surface area contributed by atoms with E-state index in [0.717, 1.165) is 14.4 Å². The molecule has 0 aliphatic carbocycles. The number of anilines is 1. The zero-order valence-electron chi connectivity index (χ0n) is 11.2. The Kier molecular flexibility index (Phi) is 7.11. The van der Waals surface area contributed by atoms with Gasteiger partial charge in [0.15, 0.2) is 8.68 Å². The van der Waals surface area contributed by atoms with Crippen LogP contribution in [0.15, 0.2) is 20.8 Å².